The van der Waals surface area contributed by atoms with Gasteiger partial charge in [0.2, 0.25) is 0 Å². The van der Waals surface area contributed by atoms with E-state index in [1.54, 1.807) is 13.2 Å². The van der Waals surface area contributed by atoms with Crippen molar-refractivity contribution >= 4 is 5.78 Å². The van der Waals surface area contributed by atoms with E-state index in [0.717, 1.165) is 12.0 Å². The van der Waals surface area contributed by atoms with Gasteiger partial charge in [-0.25, -0.2) is 0 Å². The maximum atomic E-state index is 11.0. The summed E-state index contributed by atoms with van der Waals surface area (Å²) >= 11 is 0. The topological polar surface area (TPSA) is 55.1 Å². The molecule has 0 saturated heterocycles. The molecule has 0 heterocycles. The third kappa shape index (κ3) is 1.19. The van der Waals surface area contributed by atoms with Crippen LogP contribution in [0.1, 0.15) is 12.8 Å². The predicted molar refractivity (Wildman–Crippen MR) is 39.4 cm³/mol. The minimum absolute atomic E-state index is 0.0417. The number of hydrogen-bond acceptors (Lipinski definition) is 3. The molecule has 1 rings (SSSR count). The lowest BCUT2D eigenvalue weighted by molar-refractivity contribution is -0.114. The van der Waals surface area contributed by atoms with Crippen molar-refractivity contribution < 1.29 is 4.79 Å². The van der Waals surface area contributed by atoms with Gasteiger partial charge >= 0.3 is 0 Å². The van der Waals surface area contributed by atoms with Gasteiger partial charge < -0.3 is 11.1 Å². The van der Waals surface area contributed by atoms with E-state index in [2.05, 4.69) is 5.32 Å². The monoisotopic (exact) mass is 140 g/mol. The van der Waals surface area contributed by atoms with Gasteiger partial charge in [-0.2, -0.15) is 0 Å². The Kier molecular flexibility index (Phi) is 2.06. The number of Topliss-reactive ketones (excluding diaryl/α,β-unsaturated/α-hetero) is 1. The molecule has 0 aromatic rings. The summed E-state index contributed by atoms with van der Waals surface area (Å²) in [5.41, 5.74) is 6.36. The van der Waals surface area contributed by atoms with E-state index in [1.807, 2.05) is 0 Å². The number of nitrogens with one attached hydrogen (secondary N) is 1. The third-order valence-electron chi connectivity index (χ3n) is 1.70. The van der Waals surface area contributed by atoms with Crippen molar-refractivity contribution in [3.05, 3.63) is 11.8 Å². The maximum absolute atomic E-state index is 11.0. The fourth-order valence-electron chi connectivity index (χ4n) is 1.14. The van der Waals surface area contributed by atoms with E-state index in [9.17, 15) is 4.79 Å². The highest BCUT2D eigenvalue weighted by molar-refractivity contribution is 5.98. The molecular weight excluding hydrogens is 128 g/mol. The molecule has 1 fully saturated rings. The molecule has 1 atom stereocenters. The Labute approximate surface area is 60.3 Å². The molecule has 0 amide bonds. The summed E-state index contributed by atoms with van der Waals surface area (Å²) < 4.78 is 0. The summed E-state index contributed by atoms with van der Waals surface area (Å²) in [6.07, 6.45) is 3.10. The minimum atomic E-state index is -0.0417. The lowest BCUT2D eigenvalue weighted by Crippen LogP contribution is -2.20. The highest BCUT2D eigenvalue weighted by Crippen LogP contribution is 2.18. The second-order valence-electron chi connectivity index (χ2n) is 2.46. The van der Waals surface area contributed by atoms with Gasteiger partial charge in [-0.1, -0.05) is 0 Å². The first-order valence-electron chi connectivity index (χ1n) is 3.42. The molecule has 0 aromatic carbocycles. The van der Waals surface area contributed by atoms with E-state index in [-0.39, 0.29) is 11.8 Å². The highest BCUT2D eigenvalue weighted by Gasteiger charge is 2.24. The van der Waals surface area contributed by atoms with Crippen molar-refractivity contribution in [2.75, 3.05) is 7.05 Å². The van der Waals surface area contributed by atoms with Crippen molar-refractivity contribution in [2.45, 2.75) is 18.9 Å². The summed E-state index contributed by atoms with van der Waals surface area (Å²) in [5.74, 6) is 0.182. The van der Waals surface area contributed by atoms with Crippen molar-refractivity contribution in [1.82, 2.24) is 5.32 Å². The molecule has 10 heavy (non-hydrogen) atoms. The summed E-state index contributed by atoms with van der Waals surface area (Å²) in [5, 5.41) is 2.81. The van der Waals surface area contributed by atoms with Crippen LogP contribution in [-0.4, -0.2) is 18.9 Å². The van der Waals surface area contributed by atoms with Crippen LogP contribution in [0.2, 0.25) is 0 Å². The second-order valence-corrected chi connectivity index (χ2v) is 2.46. The van der Waals surface area contributed by atoms with Gasteiger partial charge in [0.05, 0.1) is 0 Å². The maximum Gasteiger partial charge on any atom is 0.161 e. The van der Waals surface area contributed by atoms with Crippen LogP contribution in [0, 0.1) is 0 Å². The Morgan fingerprint density at radius 2 is 2.50 bits per heavy atom. The third-order valence-corrected chi connectivity index (χ3v) is 1.70. The van der Waals surface area contributed by atoms with Crippen molar-refractivity contribution in [1.29, 1.82) is 0 Å². The van der Waals surface area contributed by atoms with Crippen molar-refractivity contribution in [2.24, 2.45) is 5.73 Å². The van der Waals surface area contributed by atoms with Crippen LogP contribution in [0.25, 0.3) is 0 Å². The Balaban J connectivity index is 2.72. The Hall–Kier alpha value is -0.830. The zero-order valence-electron chi connectivity index (χ0n) is 6.05. The lowest BCUT2D eigenvalue weighted by Gasteiger charge is -2.01. The van der Waals surface area contributed by atoms with Gasteiger partial charge in [0.25, 0.3) is 0 Å². The van der Waals surface area contributed by atoms with Gasteiger partial charge in [-0.05, 0) is 6.42 Å². The van der Waals surface area contributed by atoms with E-state index in [1.165, 1.54) is 0 Å². The molecule has 1 aliphatic rings. The lowest BCUT2D eigenvalue weighted by atomic mass is 10.2. The average Bonchev–Trinajstić information content (AvgIpc) is 2.20. The van der Waals surface area contributed by atoms with Crippen LogP contribution in [0.4, 0.5) is 0 Å². The molecule has 0 bridgehead atoms. The van der Waals surface area contributed by atoms with Gasteiger partial charge in [0.15, 0.2) is 5.78 Å². The predicted octanol–water partition coefficient (Wildman–Crippen LogP) is -0.220. The average molecular weight is 140 g/mol. The fraction of sp³-hybridized carbons (Fsp3) is 0.571. The van der Waals surface area contributed by atoms with Crippen molar-refractivity contribution in [3.8, 4) is 0 Å². The molecule has 1 aliphatic carbocycles. The molecule has 3 nitrogen and oxygen atoms in total. The van der Waals surface area contributed by atoms with Crippen molar-refractivity contribution in [3.63, 3.8) is 0 Å². The zero-order chi connectivity index (χ0) is 7.56. The number of hydrogen-bond donors (Lipinski definition) is 2. The molecule has 0 spiro atoms. The van der Waals surface area contributed by atoms with Crippen LogP contribution in [0.15, 0.2) is 11.8 Å². The molecule has 0 aliphatic heterocycles. The second kappa shape index (κ2) is 2.84. The normalized spacial score (nSPS) is 29.6. The first-order chi connectivity index (χ1) is 4.75. The Morgan fingerprint density at radius 1 is 1.80 bits per heavy atom. The molecule has 1 unspecified atom stereocenters. The molecule has 56 valence electrons. The molecule has 0 aromatic heterocycles. The summed E-state index contributed by atoms with van der Waals surface area (Å²) in [6, 6.07) is -0.0417. The number of rotatable bonds is 1. The molecule has 3 N–H and O–H groups in total. The summed E-state index contributed by atoms with van der Waals surface area (Å²) in [4.78, 5) is 11.0. The van der Waals surface area contributed by atoms with Gasteiger partial charge in [0.1, 0.15) is 0 Å². The van der Waals surface area contributed by atoms with E-state index in [0.29, 0.717) is 6.42 Å². The molecule has 3 heteroatoms. The van der Waals surface area contributed by atoms with Gasteiger partial charge in [-0.15, -0.1) is 0 Å². The number of carbonyl (C=O) groups is 1. The zero-order valence-corrected chi connectivity index (χ0v) is 6.05. The first kappa shape index (κ1) is 7.28. The molecular formula is C7H12N2O. The Bertz CT molecular complexity index is 174. The van der Waals surface area contributed by atoms with Crippen LogP contribution in [-0.2, 0) is 4.79 Å². The number of carbonyl (C=O) groups excluding carboxylic acids is 1. The summed E-state index contributed by atoms with van der Waals surface area (Å²) in [7, 11) is 1.77. The largest absolute Gasteiger partial charge is 0.394 e. The van der Waals surface area contributed by atoms with Gasteiger partial charge in [0, 0.05) is 31.3 Å². The van der Waals surface area contributed by atoms with Crippen LogP contribution in [0.5, 0.6) is 0 Å². The molecule has 0 radical (unpaired) electrons. The Morgan fingerprint density at radius 3 is 2.90 bits per heavy atom. The minimum Gasteiger partial charge on any atom is -0.394 e. The van der Waals surface area contributed by atoms with Crippen LogP contribution < -0.4 is 11.1 Å². The summed E-state index contributed by atoms with van der Waals surface area (Å²) in [6.45, 7) is 0. The SMILES string of the molecule is CN/C=C1/C(=O)CCC1N. The van der Waals surface area contributed by atoms with Gasteiger partial charge in [-0.3, -0.25) is 4.79 Å². The highest BCUT2D eigenvalue weighted by atomic mass is 16.1. The van der Waals surface area contributed by atoms with Crippen LogP contribution in [0.3, 0.4) is 0 Å². The van der Waals surface area contributed by atoms with E-state index < -0.39 is 0 Å². The fourth-order valence-corrected chi connectivity index (χ4v) is 1.14. The van der Waals surface area contributed by atoms with E-state index in [4.69, 9.17) is 5.73 Å². The number of nitrogens with two attached hydrogens (primary N) is 1. The molecule has 1 saturated carbocycles. The quantitative estimate of drug-likeness (QED) is 0.495. The van der Waals surface area contributed by atoms with Crippen LogP contribution >= 0.6 is 0 Å². The van der Waals surface area contributed by atoms with E-state index >= 15 is 0 Å². The number of ketones is 1. The first-order valence-corrected chi connectivity index (χ1v) is 3.42. The standard InChI is InChI=1S/C7H12N2O/c1-9-4-5-6(8)2-3-7(5)10/h4,6,9H,2-3,8H2,1H3/b5-4+. The smallest absolute Gasteiger partial charge is 0.161 e.